The highest BCUT2D eigenvalue weighted by Gasteiger charge is 2.08. The molecule has 1 aromatic carbocycles. The number of benzene rings is 1. The second kappa shape index (κ2) is 4.53. The van der Waals surface area contributed by atoms with E-state index in [4.69, 9.17) is 11.6 Å². The Bertz CT molecular complexity index is 327. The average Bonchev–Trinajstić information content (AvgIpc) is 2.17. The van der Waals surface area contributed by atoms with Crippen LogP contribution >= 0.6 is 23.4 Å². The van der Waals surface area contributed by atoms with E-state index >= 15 is 0 Å². The van der Waals surface area contributed by atoms with Crippen molar-refractivity contribution in [1.82, 2.24) is 5.32 Å². The number of carbonyl (C=O) groups excluding carboxylic acids is 1. The van der Waals surface area contributed by atoms with Gasteiger partial charge in [-0.25, -0.2) is 0 Å². The first-order chi connectivity index (χ1) is 6.19. The summed E-state index contributed by atoms with van der Waals surface area (Å²) in [5.41, 5.74) is 0.524. The highest BCUT2D eigenvalue weighted by molar-refractivity contribution is 7.98. The van der Waals surface area contributed by atoms with Crippen LogP contribution in [0.2, 0.25) is 5.02 Å². The van der Waals surface area contributed by atoms with Crippen LogP contribution in [-0.4, -0.2) is 19.2 Å². The number of thioether (sulfide) groups is 1. The van der Waals surface area contributed by atoms with Gasteiger partial charge < -0.3 is 5.32 Å². The van der Waals surface area contributed by atoms with Crippen LogP contribution in [0.1, 0.15) is 10.4 Å². The monoisotopic (exact) mass is 215 g/mol. The Kier molecular flexibility index (Phi) is 3.63. The lowest BCUT2D eigenvalue weighted by atomic mass is 10.2. The number of hydrogen-bond acceptors (Lipinski definition) is 2. The van der Waals surface area contributed by atoms with Crippen molar-refractivity contribution in [3.63, 3.8) is 0 Å². The van der Waals surface area contributed by atoms with E-state index < -0.39 is 0 Å². The molecule has 0 saturated carbocycles. The van der Waals surface area contributed by atoms with Gasteiger partial charge in [0.25, 0.3) is 5.91 Å². The molecule has 0 unspecified atom stereocenters. The van der Waals surface area contributed by atoms with Crippen LogP contribution in [0.5, 0.6) is 0 Å². The van der Waals surface area contributed by atoms with Crippen LogP contribution in [-0.2, 0) is 0 Å². The molecule has 0 atom stereocenters. The number of amides is 1. The fourth-order valence-electron chi connectivity index (χ4n) is 0.940. The van der Waals surface area contributed by atoms with Gasteiger partial charge in [0.15, 0.2) is 0 Å². The zero-order chi connectivity index (χ0) is 9.84. The van der Waals surface area contributed by atoms with Gasteiger partial charge >= 0.3 is 0 Å². The first kappa shape index (κ1) is 10.4. The van der Waals surface area contributed by atoms with Crippen molar-refractivity contribution in [3.05, 3.63) is 28.8 Å². The number of nitrogens with one attached hydrogen (secondary N) is 1. The largest absolute Gasteiger partial charge is 0.355 e. The molecule has 1 amide bonds. The van der Waals surface area contributed by atoms with Gasteiger partial charge in [0.2, 0.25) is 0 Å². The quantitative estimate of drug-likeness (QED) is 0.768. The fraction of sp³-hybridized carbons (Fsp3) is 0.222. The zero-order valence-electron chi connectivity index (χ0n) is 7.43. The van der Waals surface area contributed by atoms with E-state index in [-0.39, 0.29) is 5.91 Å². The van der Waals surface area contributed by atoms with Crippen LogP contribution in [0, 0.1) is 0 Å². The van der Waals surface area contributed by atoms with Crippen molar-refractivity contribution in [2.24, 2.45) is 0 Å². The molecule has 0 spiro atoms. The van der Waals surface area contributed by atoms with Crippen LogP contribution in [0.15, 0.2) is 23.1 Å². The molecule has 2 nitrogen and oxygen atoms in total. The van der Waals surface area contributed by atoms with Gasteiger partial charge in [0, 0.05) is 11.9 Å². The molecule has 1 aromatic rings. The molecular weight excluding hydrogens is 206 g/mol. The highest BCUT2D eigenvalue weighted by atomic mass is 35.5. The summed E-state index contributed by atoms with van der Waals surface area (Å²) in [7, 11) is 1.59. The summed E-state index contributed by atoms with van der Waals surface area (Å²) < 4.78 is 0. The van der Waals surface area contributed by atoms with E-state index in [1.165, 1.54) is 0 Å². The summed E-state index contributed by atoms with van der Waals surface area (Å²) >= 11 is 7.44. The van der Waals surface area contributed by atoms with E-state index in [0.717, 1.165) is 4.90 Å². The molecule has 0 aliphatic carbocycles. The summed E-state index contributed by atoms with van der Waals surface area (Å²) in [4.78, 5) is 12.3. The molecule has 1 rings (SSSR count). The van der Waals surface area contributed by atoms with Gasteiger partial charge in [-0.15, -0.1) is 11.8 Å². The molecule has 0 aromatic heterocycles. The highest BCUT2D eigenvalue weighted by Crippen LogP contribution is 2.22. The van der Waals surface area contributed by atoms with Crippen molar-refractivity contribution >= 4 is 29.3 Å². The van der Waals surface area contributed by atoms with Crippen molar-refractivity contribution < 1.29 is 4.79 Å². The number of rotatable bonds is 2. The lowest BCUT2D eigenvalue weighted by Crippen LogP contribution is -2.18. The predicted octanol–water partition coefficient (Wildman–Crippen LogP) is 2.42. The van der Waals surface area contributed by atoms with Crippen molar-refractivity contribution in [2.45, 2.75) is 4.90 Å². The standard InChI is InChI=1S/C9H10ClNOS/c1-11-9(12)7-5-6(13-2)3-4-8(7)10/h3-5H,1-2H3,(H,11,12). The molecule has 13 heavy (non-hydrogen) atoms. The van der Waals surface area contributed by atoms with Crippen molar-refractivity contribution in [1.29, 1.82) is 0 Å². The third-order valence-corrected chi connectivity index (χ3v) is 2.70. The Morgan fingerprint density at radius 3 is 2.77 bits per heavy atom. The van der Waals surface area contributed by atoms with Crippen LogP contribution in [0.4, 0.5) is 0 Å². The summed E-state index contributed by atoms with van der Waals surface area (Å²) in [5, 5.41) is 3.02. The maximum absolute atomic E-state index is 11.3. The Hall–Kier alpha value is -0.670. The molecular formula is C9H10ClNOS. The first-order valence-corrected chi connectivity index (χ1v) is 5.35. The predicted molar refractivity (Wildman–Crippen MR) is 56.6 cm³/mol. The van der Waals surface area contributed by atoms with Gasteiger partial charge in [0.1, 0.15) is 0 Å². The number of halogens is 1. The maximum Gasteiger partial charge on any atom is 0.252 e. The minimum atomic E-state index is -0.152. The van der Waals surface area contributed by atoms with E-state index in [0.29, 0.717) is 10.6 Å². The second-order valence-electron chi connectivity index (χ2n) is 2.42. The van der Waals surface area contributed by atoms with Gasteiger partial charge in [0.05, 0.1) is 10.6 Å². The number of carbonyl (C=O) groups is 1. The lowest BCUT2D eigenvalue weighted by molar-refractivity contribution is 0.0963. The van der Waals surface area contributed by atoms with Crippen LogP contribution < -0.4 is 5.32 Å². The number of hydrogen-bond donors (Lipinski definition) is 1. The molecule has 0 aliphatic heterocycles. The van der Waals surface area contributed by atoms with E-state index in [1.54, 1.807) is 30.9 Å². The molecule has 0 fully saturated rings. The minimum Gasteiger partial charge on any atom is -0.355 e. The third kappa shape index (κ3) is 2.39. The Labute approximate surface area is 86.7 Å². The molecule has 0 bridgehead atoms. The second-order valence-corrected chi connectivity index (χ2v) is 3.71. The smallest absolute Gasteiger partial charge is 0.252 e. The van der Waals surface area contributed by atoms with Gasteiger partial charge in [-0.05, 0) is 24.5 Å². The van der Waals surface area contributed by atoms with Crippen LogP contribution in [0.25, 0.3) is 0 Å². The van der Waals surface area contributed by atoms with Gasteiger partial charge in [-0.2, -0.15) is 0 Å². The van der Waals surface area contributed by atoms with Crippen molar-refractivity contribution in [3.8, 4) is 0 Å². The first-order valence-electron chi connectivity index (χ1n) is 3.74. The van der Waals surface area contributed by atoms with E-state index in [9.17, 15) is 4.79 Å². The van der Waals surface area contributed by atoms with Gasteiger partial charge in [-0.3, -0.25) is 4.79 Å². The summed E-state index contributed by atoms with van der Waals surface area (Å²) in [6, 6.07) is 5.41. The molecule has 0 saturated heterocycles. The Balaban J connectivity index is 3.11. The topological polar surface area (TPSA) is 29.1 Å². The maximum atomic E-state index is 11.3. The van der Waals surface area contributed by atoms with Gasteiger partial charge in [-0.1, -0.05) is 11.6 Å². The lowest BCUT2D eigenvalue weighted by Gasteiger charge is -2.04. The summed E-state index contributed by atoms with van der Waals surface area (Å²) in [6.07, 6.45) is 1.96. The fourth-order valence-corrected chi connectivity index (χ4v) is 1.58. The molecule has 4 heteroatoms. The van der Waals surface area contributed by atoms with E-state index in [1.807, 2.05) is 12.3 Å². The van der Waals surface area contributed by atoms with Crippen molar-refractivity contribution in [2.75, 3.05) is 13.3 Å². The Morgan fingerprint density at radius 2 is 2.23 bits per heavy atom. The Morgan fingerprint density at radius 1 is 1.54 bits per heavy atom. The molecule has 0 aliphatic rings. The third-order valence-electron chi connectivity index (χ3n) is 1.65. The molecule has 0 radical (unpaired) electrons. The van der Waals surface area contributed by atoms with E-state index in [2.05, 4.69) is 5.32 Å². The zero-order valence-corrected chi connectivity index (χ0v) is 9.00. The summed E-state index contributed by atoms with van der Waals surface area (Å²) in [6.45, 7) is 0. The summed E-state index contributed by atoms with van der Waals surface area (Å²) in [5.74, 6) is -0.152. The SMILES string of the molecule is CNC(=O)c1cc(SC)ccc1Cl. The minimum absolute atomic E-state index is 0.152. The van der Waals surface area contributed by atoms with Crippen LogP contribution in [0.3, 0.4) is 0 Å². The normalized spacial score (nSPS) is 9.77. The molecule has 1 N–H and O–H groups in total. The molecule has 70 valence electrons. The average molecular weight is 216 g/mol. The molecule has 0 heterocycles.